The largest absolute Gasteiger partial charge is 0.493 e. The van der Waals surface area contributed by atoms with Crippen LogP contribution in [0.25, 0.3) is 22.0 Å². The van der Waals surface area contributed by atoms with E-state index in [1.165, 1.54) is 5.56 Å². The summed E-state index contributed by atoms with van der Waals surface area (Å²) in [6.45, 7) is 4.56. The quantitative estimate of drug-likeness (QED) is 0.538. The van der Waals surface area contributed by atoms with Crippen LogP contribution in [0.5, 0.6) is 5.75 Å². The molecule has 0 aliphatic carbocycles. The van der Waals surface area contributed by atoms with Crippen molar-refractivity contribution in [3.05, 3.63) is 77.2 Å². The number of amides is 1. The first-order valence-electron chi connectivity index (χ1n) is 10.4. The van der Waals surface area contributed by atoms with Gasteiger partial charge in [-0.25, -0.2) is 0 Å². The van der Waals surface area contributed by atoms with E-state index in [0.29, 0.717) is 12.3 Å². The Labute approximate surface area is 180 Å². The number of carbonyl (C=O) groups excluding carboxylic acids is 1. The summed E-state index contributed by atoms with van der Waals surface area (Å²) in [4.78, 5) is 17.4. The highest BCUT2D eigenvalue weighted by molar-refractivity contribution is 5.96. The second kappa shape index (κ2) is 7.54. The summed E-state index contributed by atoms with van der Waals surface area (Å²) < 4.78 is 7.52. The van der Waals surface area contributed by atoms with Gasteiger partial charge in [0.2, 0.25) is 0 Å². The molecule has 2 aromatic carbocycles. The van der Waals surface area contributed by atoms with Gasteiger partial charge in [-0.1, -0.05) is 18.2 Å². The molecule has 5 rings (SSSR count). The van der Waals surface area contributed by atoms with Crippen LogP contribution >= 0.6 is 0 Å². The van der Waals surface area contributed by atoms with Crippen molar-refractivity contribution in [2.24, 2.45) is 7.05 Å². The molecule has 0 spiro atoms. The van der Waals surface area contributed by atoms with Crippen molar-refractivity contribution in [1.29, 1.82) is 0 Å². The Balaban J connectivity index is 1.55. The summed E-state index contributed by atoms with van der Waals surface area (Å²) in [5, 5.41) is 8.59. The predicted octanol–water partition coefficient (Wildman–Crippen LogP) is 4.51. The first-order valence-corrected chi connectivity index (χ1v) is 10.4. The van der Waals surface area contributed by atoms with Gasteiger partial charge >= 0.3 is 0 Å². The summed E-state index contributed by atoms with van der Waals surface area (Å²) in [7, 11) is 1.79. The first-order chi connectivity index (χ1) is 15.0. The lowest BCUT2D eigenvalue weighted by molar-refractivity contribution is 0.0915. The van der Waals surface area contributed by atoms with Crippen molar-refractivity contribution in [2.45, 2.75) is 26.3 Å². The minimum Gasteiger partial charge on any atom is -0.493 e. The van der Waals surface area contributed by atoms with Gasteiger partial charge in [0.15, 0.2) is 0 Å². The summed E-state index contributed by atoms with van der Waals surface area (Å²) in [6.07, 6.45) is 2.53. The van der Waals surface area contributed by atoms with Gasteiger partial charge in [0.05, 0.1) is 23.9 Å². The zero-order chi connectivity index (χ0) is 21.5. The lowest BCUT2D eigenvalue weighted by atomic mass is 9.91. The van der Waals surface area contributed by atoms with Gasteiger partial charge in [0, 0.05) is 30.6 Å². The SMILES string of the molecule is Cc1cc(C(=O)NC2CCOc3ccc(-c4c(C)ccc5ncccc45)cc32)n(C)n1. The fraction of sp³-hybridized carbons (Fsp3) is 0.240. The smallest absolute Gasteiger partial charge is 0.270 e. The third kappa shape index (κ3) is 3.44. The highest BCUT2D eigenvalue weighted by atomic mass is 16.5. The number of nitrogens with one attached hydrogen (secondary N) is 1. The molecule has 0 saturated heterocycles. The Morgan fingerprint density at radius 1 is 1.16 bits per heavy atom. The number of aryl methyl sites for hydroxylation is 3. The third-order valence-corrected chi connectivity index (χ3v) is 5.87. The number of fused-ring (bicyclic) bond motifs is 2. The maximum atomic E-state index is 12.9. The summed E-state index contributed by atoms with van der Waals surface area (Å²) in [6, 6.07) is 16.1. The number of pyridine rings is 1. The van der Waals surface area contributed by atoms with E-state index in [1.54, 1.807) is 17.8 Å². The summed E-state index contributed by atoms with van der Waals surface area (Å²) in [5.41, 5.74) is 6.77. The van der Waals surface area contributed by atoms with E-state index in [-0.39, 0.29) is 11.9 Å². The molecule has 0 bridgehead atoms. The Bertz CT molecular complexity index is 1310. The van der Waals surface area contributed by atoms with Crippen LogP contribution in [0.15, 0.2) is 54.7 Å². The fourth-order valence-corrected chi connectivity index (χ4v) is 4.40. The van der Waals surface area contributed by atoms with Crippen molar-refractivity contribution in [1.82, 2.24) is 20.1 Å². The molecular weight excluding hydrogens is 388 g/mol. The minimum absolute atomic E-state index is 0.125. The molecule has 0 radical (unpaired) electrons. The second-order valence-corrected chi connectivity index (χ2v) is 8.04. The molecule has 31 heavy (non-hydrogen) atoms. The molecule has 0 saturated carbocycles. The van der Waals surface area contributed by atoms with Gasteiger partial charge in [-0.2, -0.15) is 5.10 Å². The Morgan fingerprint density at radius 3 is 2.84 bits per heavy atom. The maximum absolute atomic E-state index is 12.9. The van der Waals surface area contributed by atoms with E-state index in [0.717, 1.165) is 45.5 Å². The number of benzene rings is 2. The molecule has 1 unspecified atom stereocenters. The highest BCUT2D eigenvalue weighted by Crippen LogP contribution is 2.38. The van der Waals surface area contributed by atoms with Crippen LogP contribution in [0, 0.1) is 13.8 Å². The molecule has 1 amide bonds. The van der Waals surface area contributed by atoms with E-state index in [2.05, 4.69) is 52.7 Å². The first kappa shape index (κ1) is 19.3. The molecule has 3 heterocycles. The normalized spacial score (nSPS) is 15.4. The van der Waals surface area contributed by atoms with Crippen LogP contribution in [-0.4, -0.2) is 27.3 Å². The molecule has 1 aliphatic heterocycles. The zero-order valence-electron chi connectivity index (χ0n) is 17.8. The number of hydrogen-bond acceptors (Lipinski definition) is 4. The van der Waals surface area contributed by atoms with Crippen molar-refractivity contribution in [3.8, 4) is 16.9 Å². The molecular formula is C25H24N4O2. The average Bonchev–Trinajstić information content (AvgIpc) is 3.12. The van der Waals surface area contributed by atoms with E-state index in [4.69, 9.17) is 4.74 Å². The van der Waals surface area contributed by atoms with Crippen LogP contribution in [-0.2, 0) is 7.05 Å². The van der Waals surface area contributed by atoms with Crippen LogP contribution in [0.2, 0.25) is 0 Å². The van der Waals surface area contributed by atoms with Crippen molar-refractivity contribution in [2.75, 3.05) is 6.61 Å². The van der Waals surface area contributed by atoms with E-state index in [9.17, 15) is 4.79 Å². The molecule has 1 N–H and O–H groups in total. The molecule has 2 aromatic heterocycles. The van der Waals surface area contributed by atoms with Gasteiger partial charge in [-0.05, 0) is 60.9 Å². The number of nitrogens with zero attached hydrogens (tertiary/aromatic N) is 3. The van der Waals surface area contributed by atoms with Crippen LogP contribution in [0.1, 0.15) is 39.8 Å². The van der Waals surface area contributed by atoms with Gasteiger partial charge in [-0.15, -0.1) is 0 Å². The Morgan fingerprint density at radius 2 is 2.03 bits per heavy atom. The van der Waals surface area contributed by atoms with E-state index >= 15 is 0 Å². The number of carbonyl (C=O) groups is 1. The van der Waals surface area contributed by atoms with Gasteiger partial charge in [-0.3, -0.25) is 14.5 Å². The lowest BCUT2D eigenvalue weighted by Gasteiger charge is -2.27. The Hall–Kier alpha value is -3.67. The second-order valence-electron chi connectivity index (χ2n) is 8.04. The van der Waals surface area contributed by atoms with Crippen LogP contribution in [0.4, 0.5) is 0 Å². The highest BCUT2D eigenvalue weighted by Gasteiger charge is 2.25. The zero-order valence-corrected chi connectivity index (χ0v) is 17.8. The number of hydrogen-bond donors (Lipinski definition) is 1. The molecule has 0 fully saturated rings. The van der Waals surface area contributed by atoms with Crippen molar-refractivity contribution in [3.63, 3.8) is 0 Å². The molecule has 6 nitrogen and oxygen atoms in total. The number of ether oxygens (including phenoxy) is 1. The maximum Gasteiger partial charge on any atom is 0.270 e. The molecule has 6 heteroatoms. The Kier molecular flexibility index (Phi) is 4.70. The monoisotopic (exact) mass is 412 g/mol. The topological polar surface area (TPSA) is 69.0 Å². The molecule has 1 atom stereocenters. The van der Waals surface area contributed by atoms with Gasteiger partial charge in [0.1, 0.15) is 11.4 Å². The average molecular weight is 412 g/mol. The van der Waals surface area contributed by atoms with Crippen LogP contribution in [0.3, 0.4) is 0 Å². The van der Waals surface area contributed by atoms with E-state index in [1.807, 2.05) is 25.3 Å². The number of aromatic nitrogens is 3. The minimum atomic E-state index is -0.128. The van der Waals surface area contributed by atoms with Gasteiger partial charge < -0.3 is 10.1 Å². The summed E-state index contributed by atoms with van der Waals surface area (Å²) in [5.74, 6) is 0.689. The van der Waals surface area contributed by atoms with Crippen LogP contribution < -0.4 is 10.1 Å². The number of rotatable bonds is 3. The third-order valence-electron chi connectivity index (χ3n) is 5.87. The van der Waals surface area contributed by atoms with Gasteiger partial charge in [0.25, 0.3) is 5.91 Å². The van der Waals surface area contributed by atoms with E-state index < -0.39 is 0 Å². The van der Waals surface area contributed by atoms with Crippen molar-refractivity contribution >= 4 is 16.8 Å². The summed E-state index contributed by atoms with van der Waals surface area (Å²) >= 11 is 0. The standard InChI is InChI=1S/C25H24N4O2/c1-15-6-8-20-18(5-4-11-26-20)24(15)17-7-9-23-19(14-17)21(10-12-31-23)27-25(30)22-13-16(2)28-29(22)3/h4-9,11,13-14,21H,10,12H2,1-3H3,(H,27,30). The lowest BCUT2D eigenvalue weighted by Crippen LogP contribution is -2.33. The van der Waals surface area contributed by atoms with Crippen molar-refractivity contribution < 1.29 is 9.53 Å². The molecule has 1 aliphatic rings. The molecule has 4 aromatic rings. The predicted molar refractivity (Wildman–Crippen MR) is 120 cm³/mol. The molecule has 156 valence electrons. The fourth-order valence-electron chi connectivity index (χ4n) is 4.40.